The summed E-state index contributed by atoms with van der Waals surface area (Å²) in [5, 5.41) is 28.7. The lowest BCUT2D eigenvalue weighted by molar-refractivity contribution is 0.104. The van der Waals surface area contributed by atoms with Crippen molar-refractivity contribution in [1.82, 2.24) is 0 Å². The molecule has 5 heteroatoms. The highest BCUT2D eigenvalue weighted by Crippen LogP contribution is 2.32. The molecule has 0 aliphatic rings. The lowest BCUT2D eigenvalue weighted by Gasteiger charge is -2.04. The zero-order valence-corrected chi connectivity index (χ0v) is 19.2. The second-order valence-corrected chi connectivity index (χ2v) is 8.97. The minimum Gasteiger partial charge on any atom is -0.507 e. The standard InChI is InChI=1S/C26H34O4S/c1-2-3-4-5-6-7-8-9-10-17-31-22-14-11-20(12-15-22)23(27)16-13-21-18-25(29)26(30)19-24(21)28/h11-16,18-19,28-30H,2-10,17H2,1H3. The van der Waals surface area contributed by atoms with Crippen LogP contribution in [0, 0.1) is 0 Å². The number of phenols is 3. The molecule has 168 valence electrons. The quantitative estimate of drug-likeness (QED) is 0.0713. The number of hydrogen-bond acceptors (Lipinski definition) is 5. The fourth-order valence-corrected chi connectivity index (χ4v) is 4.21. The molecule has 0 aromatic heterocycles. The third kappa shape index (κ3) is 9.09. The smallest absolute Gasteiger partial charge is 0.185 e. The second-order valence-electron chi connectivity index (χ2n) is 7.80. The van der Waals surface area contributed by atoms with Gasteiger partial charge in [0, 0.05) is 22.1 Å². The largest absolute Gasteiger partial charge is 0.507 e. The van der Waals surface area contributed by atoms with Gasteiger partial charge in [0.05, 0.1) is 0 Å². The van der Waals surface area contributed by atoms with Crippen molar-refractivity contribution in [3.8, 4) is 17.2 Å². The summed E-state index contributed by atoms with van der Waals surface area (Å²) in [6.07, 6.45) is 14.7. The number of thioether (sulfide) groups is 1. The number of benzene rings is 2. The van der Waals surface area contributed by atoms with Crippen LogP contribution >= 0.6 is 11.8 Å². The maximum absolute atomic E-state index is 12.3. The number of carbonyl (C=O) groups excluding carboxylic acids is 1. The van der Waals surface area contributed by atoms with Crippen LogP contribution in [0.2, 0.25) is 0 Å². The average Bonchev–Trinajstić information content (AvgIpc) is 2.77. The van der Waals surface area contributed by atoms with Crippen LogP contribution in [0.3, 0.4) is 0 Å². The van der Waals surface area contributed by atoms with E-state index in [1.54, 1.807) is 12.1 Å². The first kappa shape index (κ1) is 24.9. The number of allylic oxidation sites excluding steroid dienone is 1. The van der Waals surface area contributed by atoms with Crippen LogP contribution in [0.4, 0.5) is 0 Å². The van der Waals surface area contributed by atoms with Crippen molar-refractivity contribution in [3.63, 3.8) is 0 Å². The number of ketones is 1. The molecule has 2 aromatic carbocycles. The van der Waals surface area contributed by atoms with Gasteiger partial charge in [0.1, 0.15) is 5.75 Å². The molecule has 0 amide bonds. The summed E-state index contributed by atoms with van der Waals surface area (Å²) >= 11 is 1.82. The van der Waals surface area contributed by atoms with Gasteiger partial charge in [-0.05, 0) is 54.7 Å². The molecule has 0 aliphatic carbocycles. The number of aromatic hydroxyl groups is 3. The molecule has 0 fully saturated rings. The second kappa shape index (κ2) is 13.8. The molecule has 0 saturated carbocycles. The van der Waals surface area contributed by atoms with Crippen molar-refractivity contribution < 1.29 is 20.1 Å². The Bertz CT molecular complexity index is 843. The Labute approximate surface area is 190 Å². The van der Waals surface area contributed by atoms with Gasteiger partial charge in [-0.3, -0.25) is 4.79 Å². The maximum atomic E-state index is 12.3. The van der Waals surface area contributed by atoms with Gasteiger partial charge in [0.25, 0.3) is 0 Å². The van der Waals surface area contributed by atoms with Crippen LogP contribution in [0.15, 0.2) is 47.4 Å². The fourth-order valence-electron chi connectivity index (χ4n) is 3.30. The molecule has 4 nitrogen and oxygen atoms in total. The Hall–Kier alpha value is -2.40. The van der Waals surface area contributed by atoms with Crippen molar-refractivity contribution in [3.05, 3.63) is 53.6 Å². The minimum absolute atomic E-state index is 0.192. The summed E-state index contributed by atoms with van der Waals surface area (Å²) in [5.74, 6) is -0.0631. The van der Waals surface area contributed by atoms with Gasteiger partial charge in [-0.25, -0.2) is 0 Å². The molecule has 0 radical (unpaired) electrons. The third-order valence-electron chi connectivity index (χ3n) is 5.19. The van der Waals surface area contributed by atoms with Crippen molar-refractivity contribution in [2.45, 2.75) is 69.6 Å². The summed E-state index contributed by atoms with van der Waals surface area (Å²) in [5.41, 5.74) is 0.822. The summed E-state index contributed by atoms with van der Waals surface area (Å²) in [4.78, 5) is 13.5. The van der Waals surface area contributed by atoms with E-state index in [0.717, 1.165) is 16.7 Å². The molecule has 0 atom stereocenters. The molecule has 0 aliphatic heterocycles. The van der Waals surface area contributed by atoms with Crippen LogP contribution in [-0.2, 0) is 0 Å². The van der Waals surface area contributed by atoms with Crippen LogP contribution in [-0.4, -0.2) is 26.9 Å². The molecule has 0 unspecified atom stereocenters. The van der Waals surface area contributed by atoms with Crippen LogP contribution < -0.4 is 0 Å². The average molecular weight is 443 g/mol. The lowest BCUT2D eigenvalue weighted by atomic mass is 10.1. The molecule has 2 aromatic rings. The number of hydrogen-bond donors (Lipinski definition) is 3. The van der Waals surface area contributed by atoms with Crippen LogP contribution in [0.5, 0.6) is 17.2 Å². The Kier molecular flexibility index (Phi) is 11.1. The van der Waals surface area contributed by atoms with Crippen molar-refractivity contribution in [2.75, 3.05) is 5.75 Å². The lowest BCUT2D eigenvalue weighted by Crippen LogP contribution is -1.93. The third-order valence-corrected chi connectivity index (χ3v) is 6.29. The summed E-state index contributed by atoms with van der Waals surface area (Å²) in [7, 11) is 0. The number of phenolic OH excluding ortho intramolecular Hbond substituents is 3. The van der Waals surface area contributed by atoms with Gasteiger partial charge in [-0.15, -0.1) is 11.8 Å². The topological polar surface area (TPSA) is 77.8 Å². The Morgan fingerprint density at radius 3 is 2.03 bits per heavy atom. The van der Waals surface area contributed by atoms with Crippen molar-refractivity contribution in [2.24, 2.45) is 0 Å². The van der Waals surface area contributed by atoms with Crippen molar-refractivity contribution in [1.29, 1.82) is 0 Å². The Balaban J connectivity index is 1.70. The molecule has 31 heavy (non-hydrogen) atoms. The van der Waals surface area contributed by atoms with Gasteiger partial charge in [0.15, 0.2) is 17.3 Å². The fraction of sp³-hybridized carbons (Fsp3) is 0.423. The first-order valence-corrected chi connectivity index (χ1v) is 12.2. The number of unbranched alkanes of at least 4 members (excludes halogenated alkanes) is 8. The van der Waals surface area contributed by atoms with E-state index >= 15 is 0 Å². The first-order chi connectivity index (χ1) is 15.0. The molecule has 0 spiro atoms. The van der Waals surface area contributed by atoms with E-state index in [-0.39, 0.29) is 22.8 Å². The van der Waals surface area contributed by atoms with Gasteiger partial charge in [-0.1, -0.05) is 58.3 Å². The normalized spacial score (nSPS) is 11.3. The minimum atomic E-state index is -0.406. The zero-order chi connectivity index (χ0) is 22.5. The van der Waals surface area contributed by atoms with E-state index in [1.807, 2.05) is 23.9 Å². The van der Waals surface area contributed by atoms with E-state index in [9.17, 15) is 20.1 Å². The Morgan fingerprint density at radius 1 is 0.806 bits per heavy atom. The molecule has 0 saturated heterocycles. The molecular formula is C26H34O4S. The van der Waals surface area contributed by atoms with Crippen LogP contribution in [0.1, 0.15) is 80.6 Å². The predicted octanol–water partition coefficient (Wildman–Crippen LogP) is 7.32. The monoisotopic (exact) mass is 442 g/mol. The van der Waals surface area contributed by atoms with Gasteiger partial charge in [0.2, 0.25) is 0 Å². The van der Waals surface area contributed by atoms with E-state index in [0.29, 0.717) is 5.56 Å². The maximum Gasteiger partial charge on any atom is 0.185 e. The summed E-state index contributed by atoms with van der Waals surface area (Å²) < 4.78 is 0. The van der Waals surface area contributed by atoms with E-state index in [4.69, 9.17) is 0 Å². The molecule has 2 rings (SSSR count). The Morgan fingerprint density at radius 2 is 1.39 bits per heavy atom. The number of rotatable bonds is 14. The molecule has 0 heterocycles. The highest BCUT2D eigenvalue weighted by atomic mass is 32.2. The van der Waals surface area contributed by atoms with E-state index in [1.165, 1.54) is 76.0 Å². The highest BCUT2D eigenvalue weighted by molar-refractivity contribution is 7.99. The molecular weight excluding hydrogens is 408 g/mol. The zero-order valence-electron chi connectivity index (χ0n) is 18.3. The molecule has 0 bridgehead atoms. The summed E-state index contributed by atoms with van der Waals surface area (Å²) in [6.45, 7) is 2.25. The first-order valence-electron chi connectivity index (χ1n) is 11.2. The van der Waals surface area contributed by atoms with E-state index in [2.05, 4.69) is 6.92 Å². The van der Waals surface area contributed by atoms with Crippen molar-refractivity contribution >= 4 is 23.6 Å². The molecule has 3 N–H and O–H groups in total. The van der Waals surface area contributed by atoms with Gasteiger partial charge < -0.3 is 15.3 Å². The SMILES string of the molecule is CCCCCCCCCCCSc1ccc(C(=O)C=Cc2cc(O)c(O)cc2O)cc1. The number of carbonyl (C=O) groups is 1. The van der Waals surface area contributed by atoms with E-state index < -0.39 is 5.75 Å². The van der Waals surface area contributed by atoms with Gasteiger partial charge >= 0.3 is 0 Å². The van der Waals surface area contributed by atoms with Gasteiger partial charge in [-0.2, -0.15) is 0 Å². The van der Waals surface area contributed by atoms with Crippen LogP contribution in [0.25, 0.3) is 6.08 Å². The predicted molar refractivity (Wildman–Crippen MR) is 129 cm³/mol. The summed E-state index contributed by atoms with van der Waals surface area (Å²) in [6, 6.07) is 9.78. The highest BCUT2D eigenvalue weighted by Gasteiger charge is 2.07.